The highest BCUT2D eigenvalue weighted by atomic mass is 16.3. The van der Waals surface area contributed by atoms with Crippen molar-refractivity contribution in [2.45, 2.75) is 11.8 Å². The van der Waals surface area contributed by atoms with E-state index in [9.17, 15) is 30.6 Å². The van der Waals surface area contributed by atoms with E-state index in [0.29, 0.717) is 16.7 Å². The molecule has 0 aliphatic heterocycles. The summed E-state index contributed by atoms with van der Waals surface area (Å²) in [5, 5.41) is 61.2. The second-order valence-electron chi connectivity index (χ2n) is 8.45. The zero-order valence-corrected chi connectivity index (χ0v) is 17.9. The first-order valence-electron chi connectivity index (χ1n) is 10.7. The molecule has 0 saturated heterocycles. The van der Waals surface area contributed by atoms with Crippen molar-refractivity contribution in [1.29, 1.82) is 0 Å². The average molecular weight is 454 g/mol. The molecule has 0 heterocycles. The van der Waals surface area contributed by atoms with Crippen molar-refractivity contribution in [2.75, 3.05) is 0 Å². The maximum Gasteiger partial charge on any atom is 0.123 e. The molecule has 0 aromatic heterocycles. The molecule has 0 radical (unpaired) electrons. The van der Waals surface area contributed by atoms with E-state index in [1.165, 1.54) is 24.3 Å². The van der Waals surface area contributed by atoms with Crippen LogP contribution >= 0.6 is 0 Å². The molecule has 34 heavy (non-hydrogen) atoms. The number of benzene rings is 4. The van der Waals surface area contributed by atoms with Crippen LogP contribution < -0.4 is 0 Å². The van der Waals surface area contributed by atoms with Gasteiger partial charge in [0.2, 0.25) is 0 Å². The number of rotatable bonds is 3. The van der Waals surface area contributed by atoms with Crippen LogP contribution in [0.5, 0.6) is 34.5 Å². The maximum atomic E-state index is 10.9. The van der Waals surface area contributed by atoms with Crippen LogP contribution in [-0.4, -0.2) is 30.6 Å². The second kappa shape index (κ2) is 8.08. The van der Waals surface area contributed by atoms with Gasteiger partial charge in [-0.05, 0) is 70.3 Å². The van der Waals surface area contributed by atoms with Crippen molar-refractivity contribution in [3.63, 3.8) is 0 Å². The molecular weight excluding hydrogens is 432 g/mol. The molecule has 0 bridgehead atoms. The van der Waals surface area contributed by atoms with Crippen LogP contribution in [0.4, 0.5) is 0 Å². The molecule has 6 nitrogen and oxygen atoms in total. The summed E-state index contributed by atoms with van der Waals surface area (Å²) in [6.45, 7) is 0. The second-order valence-corrected chi connectivity index (χ2v) is 8.45. The molecular formula is C28H22O6. The number of allylic oxidation sites excluding steroid dienone is 1. The number of fused-ring (bicyclic) bond motifs is 1. The van der Waals surface area contributed by atoms with Gasteiger partial charge in [-0.15, -0.1) is 0 Å². The van der Waals surface area contributed by atoms with Crippen LogP contribution in [0.2, 0.25) is 0 Å². The van der Waals surface area contributed by atoms with E-state index >= 15 is 0 Å². The van der Waals surface area contributed by atoms with E-state index in [1.807, 2.05) is 6.08 Å². The molecule has 2 atom stereocenters. The summed E-state index contributed by atoms with van der Waals surface area (Å²) in [7, 11) is 0. The Kier molecular flexibility index (Phi) is 5.06. The summed E-state index contributed by atoms with van der Waals surface area (Å²) in [6.07, 6.45) is 1.91. The highest BCUT2D eigenvalue weighted by molar-refractivity contribution is 5.93. The van der Waals surface area contributed by atoms with Crippen molar-refractivity contribution in [1.82, 2.24) is 0 Å². The predicted molar refractivity (Wildman–Crippen MR) is 128 cm³/mol. The third-order valence-corrected chi connectivity index (χ3v) is 6.18. The number of hydrogen-bond donors (Lipinski definition) is 6. The van der Waals surface area contributed by atoms with E-state index in [4.69, 9.17) is 0 Å². The van der Waals surface area contributed by atoms with Crippen molar-refractivity contribution in [3.05, 3.63) is 107 Å². The molecule has 170 valence electrons. The first-order chi connectivity index (χ1) is 16.3. The third kappa shape index (κ3) is 3.75. The Bertz CT molecular complexity index is 1380. The first-order valence-corrected chi connectivity index (χ1v) is 10.7. The molecule has 6 heteroatoms. The molecule has 0 spiro atoms. The van der Waals surface area contributed by atoms with Crippen LogP contribution in [0, 0.1) is 0 Å². The van der Waals surface area contributed by atoms with E-state index in [0.717, 1.165) is 16.7 Å². The fourth-order valence-corrected chi connectivity index (χ4v) is 4.83. The quantitative estimate of drug-likeness (QED) is 0.247. The van der Waals surface area contributed by atoms with Crippen LogP contribution in [0.1, 0.15) is 39.7 Å². The smallest absolute Gasteiger partial charge is 0.123 e. The molecule has 4 aromatic carbocycles. The van der Waals surface area contributed by atoms with Gasteiger partial charge < -0.3 is 30.6 Å². The zero-order chi connectivity index (χ0) is 24.0. The monoisotopic (exact) mass is 454 g/mol. The number of phenols is 6. The maximum absolute atomic E-state index is 10.9. The van der Waals surface area contributed by atoms with Gasteiger partial charge in [-0.1, -0.05) is 30.3 Å². The Balaban J connectivity index is 1.82. The van der Waals surface area contributed by atoms with Crippen LogP contribution in [0.25, 0.3) is 11.6 Å². The predicted octanol–water partition coefficient (Wildman–Crippen LogP) is 5.39. The van der Waals surface area contributed by atoms with Crippen LogP contribution in [0.15, 0.2) is 78.9 Å². The fourth-order valence-electron chi connectivity index (χ4n) is 4.83. The van der Waals surface area contributed by atoms with Gasteiger partial charge >= 0.3 is 0 Å². The number of aromatic hydroxyl groups is 6. The Hall–Kier alpha value is -4.58. The molecule has 0 amide bonds. The van der Waals surface area contributed by atoms with Gasteiger partial charge in [0.05, 0.1) is 0 Å². The van der Waals surface area contributed by atoms with Gasteiger partial charge in [0.25, 0.3) is 0 Å². The minimum absolute atomic E-state index is 0.100. The Morgan fingerprint density at radius 2 is 1.06 bits per heavy atom. The summed E-state index contributed by atoms with van der Waals surface area (Å²) in [6, 6.07) is 20.5. The summed E-state index contributed by atoms with van der Waals surface area (Å²) in [4.78, 5) is 0. The zero-order valence-electron chi connectivity index (χ0n) is 17.9. The van der Waals surface area contributed by atoms with E-state index in [2.05, 4.69) is 0 Å². The van der Waals surface area contributed by atoms with Gasteiger partial charge in [0.1, 0.15) is 34.5 Å². The van der Waals surface area contributed by atoms with Gasteiger partial charge in [-0.3, -0.25) is 0 Å². The highest BCUT2D eigenvalue weighted by Gasteiger charge is 2.41. The van der Waals surface area contributed by atoms with Gasteiger partial charge in [-0.25, -0.2) is 0 Å². The Morgan fingerprint density at radius 1 is 0.500 bits per heavy atom. The lowest BCUT2D eigenvalue weighted by molar-refractivity contribution is 0.440. The molecule has 6 N–H and O–H groups in total. The van der Waals surface area contributed by atoms with E-state index < -0.39 is 11.8 Å². The third-order valence-electron chi connectivity index (χ3n) is 6.18. The molecule has 1 unspecified atom stereocenters. The normalized spacial score (nSPS) is 18.2. The fraction of sp³-hybridized carbons (Fsp3) is 0.0714. The topological polar surface area (TPSA) is 121 Å². The molecule has 0 saturated carbocycles. The van der Waals surface area contributed by atoms with Gasteiger partial charge in [0, 0.05) is 29.5 Å². The highest BCUT2D eigenvalue weighted by Crippen LogP contribution is 2.58. The lowest BCUT2D eigenvalue weighted by Gasteiger charge is -2.23. The largest absolute Gasteiger partial charge is 0.508 e. The molecule has 1 aliphatic carbocycles. The minimum Gasteiger partial charge on any atom is -0.508 e. The van der Waals surface area contributed by atoms with E-state index in [-0.39, 0.29) is 34.5 Å². The number of hydrogen-bond acceptors (Lipinski definition) is 6. The van der Waals surface area contributed by atoms with Crippen molar-refractivity contribution in [2.24, 2.45) is 0 Å². The standard InChI is InChI=1S/C28H22O6/c29-18-5-1-15(2-6-18)9-23-24-13-22(33)14-25(34)28(24)27(17-10-20(31)12-21(32)11-17)26(23)16-3-7-19(30)8-4-16/h1-14,26-27,29-34H/b23-9-/t26?,27-/m1/s1. The lowest BCUT2D eigenvalue weighted by atomic mass is 9.79. The lowest BCUT2D eigenvalue weighted by Crippen LogP contribution is -2.08. The molecule has 5 rings (SSSR count). The van der Waals surface area contributed by atoms with Gasteiger partial charge in [-0.2, -0.15) is 0 Å². The van der Waals surface area contributed by atoms with Crippen molar-refractivity contribution >= 4 is 11.6 Å². The van der Waals surface area contributed by atoms with Crippen molar-refractivity contribution < 1.29 is 30.6 Å². The first kappa shape index (κ1) is 21.3. The summed E-state index contributed by atoms with van der Waals surface area (Å²) in [5.41, 5.74) is 4.15. The average Bonchev–Trinajstić information content (AvgIpc) is 3.09. The summed E-state index contributed by atoms with van der Waals surface area (Å²) < 4.78 is 0. The summed E-state index contributed by atoms with van der Waals surface area (Å²) >= 11 is 0. The Labute approximate surface area is 195 Å². The molecule has 1 aliphatic rings. The number of phenolic OH excluding ortho intramolecular Hbond substituents is 6. The van der Waals surface area contributed by atoms with Gasteiger partial charge in [0.15, 0.2) is 0 Å². The van der Waals surface area contributed by atoms with Crippen molar-refractivity contribution in [3.8, 4) is 34.5 Å². The van der Waals surface area contributed by atoms with E-state index in [1.54, 1.807) is 54.6 Å². The SMILES string of the molecule is Oc1ccc(/C=C2/c3cc(O)cc(O)c3[C@H](c3cc(O)cc(O)c3)C2c2ccc(O)cc2)cc1. The molecule has 0 fully saturated rings. The van der Waals surface area contributed by atoms with Crippen LogP contribution in [0.3, 0.4) is 0 Å². The minimum atomic E-state index is -0.512. The summed E-state index contributed by atoms with van der Waals surface area (Å²) in [5.74, 6) is -1.11. The Morgan fingerprint density at radius 3 is 1.68 bits per heavy atom. The molecule has 4 aromatic rings. The van der Waals surface area contributed by atoms with Crippen LogP contribution in [-0.2, 0) is 0 Å².